The molecule has 1 fully saturated rings. The van der Waals surface area contributed by atoms with Gasteiger partial charge in [-0.2, -0.15) is 0 Å². The summed E-state index contributed by atoms with van der Waals surface area (Å²) in [5.74, 6) is 0.00646. The largest absolute Gasteiger partial charge is 0.370 e. The molecule has 1 heterocycles. The molecule has 0 spiro atoms. The zero-order chi connectivity index (χ0) is 21.8. The Balaban J connectivity index is 1.61. The molecule has 5 nitrogen and oxygen atoms in total. The average molecular weight is 414 g/mol. The van der Waals surface area contributed by atoms with Crippen LogP contribution in [0.4, 0.5) is 17.1 Å². The van der Waals surface area contributed by atoms with Crippen LogP contribution in [0.15, 0.2) is 72.8 Å². The van der Waals surface area contributed by atoms with Crippen molar-refractivity contribution in [1.82, 2.24) is 0 Å². The molecular formula is C26H27N3O2. The number of anilines is 3. The SMILES string of the molecule is Cc1ccc(C)c(NC(=O)C(Nc2cccc(N3CCCC3=O)c2)c2ccccc2)c1. The predicted molar refractivity (Wildman–Crippen MR) is 125 cm³/mol. The summed E-state index contributed by atoms with van der Waals surface area (Å²) in [7, 11) is 0. The molecule has 1 atom stereocenters. The maximum absolute atomic E-state index is 13.3. The van der Waals surface area contributed by atoms with E-state index in [4.69, 9.17) is 0 Å². The second-order valence-electron chi connectivity index (χ2n) is 7.99. The molecule has 0 bridgehead atoms. The van der Waals surface area contributed by atoms with Crippen LogP contribution in [0.1, 0.15) is 35.6 Å². The van der Waals surface area contributed by atoms with Crippen LogP contribution in [0.2, 0.25) is 0 Å². The van der Waals surface area contributed by atoms with Gasteiger partial charge < -0.3 is 15.5 Å². The van der Waals surface area contributed by atoms with Crippen LogP contribution < -0.4 is 15.5 Å². The predicted octanol–water partition coefficient (Wildman–Crippen LogP) is 5.22. The highest BCUT2D eigenvalue weighted by atomic mass is 16.2. The first-order valence-corrected chi connectivity index (χ1v) is 10.6. The molecule has 2 N–H and O–H groups in total. The topological polar surface area (TPSA) is 61.4 Å². The Morgan fingerprint density at radius 1 is 0.968 bits per heavy atom. The lowest BCUT2D eigenvalue weighted by molar-refractivity contribution is -0.117. The first kappa shape index (κ1) is 20.7. The van der Waals surface area contributed by atoms with Gasteiger partial charge in [0, 0.05) is 30.0 Å². The maximum Gasteiger partial charge on any atom is 0.251 e. The van der Waals surface area contributed by atoms with Gasteiger partial charge in [0.2, 0.25) is 5.91 Å². The smallest absolute Gasteiger partial charge is 0.251 e. The van der Waals surface area contributed by atoms with Crippen LogP contribution >= 0.6 is 0 Å². The molecule has 5 heteroatoms. The van der Waals surface area contributed by atoms with Crippen molar-refractivity contribution in [3.63, 3.8) is 0 Å². The van der Waals surface area contributed by atoms with Gasteiger partial charge in [-0.1, -0.05) is 48.5 Å². The van der Waals surface area contributed by atoms with Crippen molar-refractivity contribution in [3.8, 4) is 0 Å². The molecule has 31 heavy (non-hydrogen) atoms. The van der Waals surface area contributed by atoms with Crippen LogP contribution in [0, 0.1) is 13.8 Å². The summed E-state index contributed by atoms with van der Waals surface area (Å²) < 4.78 is 0. The van der Waals surface area contributed by atoms with Gasteiger partial charge in [0.25, 0.3) is 5.91 Å². The van der Waals surface area contributed by atoms with Crippen molar-refractivity contribution < 1.29 is 9.59 Å². The second kappa shape index (κ2) is 9.04. The zero-order valence-electron chi connectivity index (χ0n) is 17.9. The maximum atomic E-state index is 13.3. The number of hydrogen-bond acceptors (Lipinski definition) is 3. The Hall–Kier alpha value is -3.60. The molecule has 0 aromatic heterocycles. The van der Waals surface area contributed by atoms with Gasteiger partial charge in [-0.05, 0) is 61.2 Å². The molecule has 4 rings (SSSR count). The van der Waals surface area contributed by atoms with Crippen molar-refractivity contribution in [1.29, 1.82) is 0 Å². The molecule has 1 saturated heterocycles. The van der Waals surface area contributed by atoms with E-state index in [9.17, 15) is 9.59 Å². The number of aryl methyl sites for hydroxylation is 2. The number of rotatable bonds is 6. The standard InChI is InChI=1S/C26H27N3O2/c1-18-13-14-19(2)23(16-18)28-26(31)25(20-8-4-3-5-9-20)27-21-10-6-11-22(17-21)29-15-7-12-24(29)30/h3-6,8-11,13-14,16-17,25,27H,7,12,15H2,1-2H3,(H,28,31). The molecule has 3 aromatic carbocycles. The molecule has 158 valence electrons. The fourth-order valence-electron chi connectivity index (χ4n) is 3.87. The highest BCUT2D eigenvalue weighted by molar-refractivity contribution is 5.98. The van der Waals surface area contributed by atoms with Crippen molar-refractivity contribution in [3.05, 3.63) is 89.5 Å². The van der Waals surface area contributed by atoms with Crippen LogP contribution in [0.5, 0.6) is 0 Å². The summed E-state index contributed by atoms with van der Waals surface area (Å²) in [6.07, 6.45) is 1.46. The molecule has 0 radical (unpaired) electrons. The van der Waals surface area contributed by atoms with Crippen molar-refractivity contribution in [2.75, 3.05) is 22.1 Å². The first-order valence-electron chi connectivity index (χ1n) is 10.6. The minimum Gasteiger partial charge on any atom is -0.370 e. The lowest BCUT2D eigenvalue weighted by Gasteiger charge is -2.22. The molecule has 0 saturated carbocycles. The summed E-state index contributed by atoms with van der Waals surface area (Å²) in [4.78, 5) is 27.3. The first-order chi connectivity index (χ1) is 15.0. The van der Waals surface area contributed by atoms with Gasteiger partial charge >= 0.3 is 0 Å². The third-order valence-electron chi connectivity index (χ3n) is 5.59. The molecular weight excluding hydrogens is 386 g/mol. The number of carbonyl (C=O) groups excluding carboxylic acids is 2. The van der Waals surface area contributed by atoms with E-state index < -0.39 is 6.04 Å². The van der Waals surface area contributed by atoms with Gasteiger partial charge in [0.15, 0.2) is 0 Å². The summed E-state index contributed by atoms with van der Waals surface area (Å²) in [5.41, 5.74) is 5.43. The number of hydrogen-bond donors (Lipinski definition) is 2. The Bertz CT molecular complexity index is 1090. The molecule has 1 aliphatic rings. The molecule has 3 aromatic rings. The van der Waals surface area contributed by atoms with E-state index in [0.29, 0.717) is 6.42 Å². The van der Waals surface area contributed by atoms with Crippen LogP contribution in [0.25, 0.3) is 0 Å². The number of amides is 2. The highest BCUT2D eigenvalue weighted by Crippen LogP contribution is 2.28. The van der Waals surface area contributed by atoms with Gasteiger partial charge in [0.1, 0.15) is 6.04 Å². The normalized spacial score (nSPS) is 14.4. The van der Waals surface area contributed by atoms with E-state index in [-0.39, 0.29) is 11.8 Å². The van der Waals surface area contributed by atoms with E-state index >= 15 is 0 Å². The van der Waals surface area contributed by atoms with E-state index in [0.717, 1.165) is 46.7 Å². The van der Waals surface area contributed by atoms with Gasteiger partial charge in [-0.15, -0.1) is 0 Å². The van der Waals surface area contributed by atoms with Gasteiger partial charge in [-0.3, -0.25) is 9.59 Å². The Kier molecular flexibility index (Phi) is 6.03. The number of benzene rings is 3. The van der Waals surface area contributed by atoms with Crippen molar-refractivity contribution in [2.45, 2.75) is 32.7 Å². The quantitative estimate of drug-likeness (QED) is 0.582. The highest BCUT2D eigenvalue weighted by Gasteiger charge is 2.24. The third kappa shape index (κ3) is 4.77. The second-order valence-corrected chi connectivity index (χ2v) is 7.99. The Morgan fingerprint density at radius 3 is 2.52 bits per heavy atom. The number of nitrogens with one attached hydrogen (secondary N) is 2. The summed E-state index contributed by atoms with van der Waals surface area (Å²) in [6.45, 7) is 4.72. The summed E-state index contributed by atoms with van der Waals surface area (Å²) in [6, 6.07) is 22.8. The van der Waals surface area contributed by atoms with Crippen LogP contribution in [-0.2, 0) is 9.59 Å². The molecule has 1 aliphatic heterocycles. The van der Waals surface area contributed by atoms with E-state index in [2.05, 4.69) is 10.6 Å². The molecule has 0 aliphatic carbocycles. The Labute approximate surface area is 183 Å². The van der Waals surface area contributed by atoms with Gasteiger partial charge in [-0.25, -0.2) is 0 Å². The fourth-order valence-corrected chi connectivity index (χ4v) is 3.87. The van der Waals surface area contributed by atoms with Crippen LogP contribution in [-0.4, -0.2) is 18.4 Å². The lowest BCUT2D eigenvalue weighted by Crippen LogP contribution is -2.28. The molecule has 2 amide bonds. The minimum atomic E-state index is -0.578. The van der Waals surface area contributed by atoms with Crippen LogP contribution in [0.3, 0.4) is 0 Å². The molecule has 1 unspecified atom stereocenters. The lowest BCUT2D eigenvalue weighted by atomic mass is 10.0. The van der Waals surface area contributed by atoms with Crippen molar-refractivity contribution >= 4 is 28.9 Å². The summed E-state index contributed by atoms with van der Waals surface area (Å²) in [5, 5.41) is 6.46. The number of carbonyl (C=O) groups is 2. The minimum absolute atomic E-state index is 0.137. The fraction of sp³-hybridized carbons (Fsp3) is 0.231. The van der Waals surface area contributed by atoms with Crippen molar-refractivity contribution in [2.24, 2.45) is 0 Å². The summed E-state index contributed by atoms with van der Waals surface area (Å²) >= 11 is 0. The van der Waals surface area contributed by atoms with E-state index in [1.165, 1.54) is 0 Å². The number of nitrogens with zero attached hydrogens (tertiary/aromatic N) is 1. The van der Waals surface area contributed by atoms with E-state index in [1.54, 1.807) is 4.90 Å². The third-order valence-corrected chi connectivity index (χ3v) is 5.59. The van der Waals surface area contributed by atoms with Gasteiger partial charge in [0.05, 0.1) is 0 Å². The zero-order valence-corrected chi connectivity index (χ0v) is 17.9. The average Bonchev–Trinajstić information content (AvgIpc) is 3.21. The van der Waals surface area contributed by atoms with E-state index in [1.807, 2.05) is 86.6 Å². The monoisotopic (exact) mass is 413 g/mol. The Morgan fingerprint density at radius 2 is 1.77 bits per heavy atom.